The van der Waals surface area contributed by atoms with Crippen LogP contribution in [0.1, 0.15) is 24.7 Å². The normalized spacial score (nSPS) is 17.3. The fourth-order valence-corrected chi connectivity index (χ4v) is 4.51. The van der Waals surface area contributed by atoms with Crippen molar-refractivity contribution in [2.24, 2.45) is 0 Å². The summed E-state index contributed by atoms with van der Waals surface area (Å²) in [6.07, 6.45) is 9.44. The van der Waals surface area contributed by atoms with E-state index in [2.05, 4.69) is 41.0 Å². The maximum atomic E-state index is 4.94. The van der Waals surface area contributed by atoms with Crippen molar-refractivity contribution >= 4 is 21.7 Å². The molecule has 8 nitrogen and oxygen atoms in total. The lowest BCUT2D eigenvalue weighted by molar-refractivity contribution is 0.618. The summed E-state index contributed by atoms with van der Waals surface area (Å²) in [6.45, 7) is 0.962. The monoisotopic (exact) mass is 434 g/mol. The molecule has 2 aliphatic heterocycles. The highest BCUT2D eigenvalue weighted by Crippen LogP contribution is 2.42. The number of nitrogens with zero attached hydrogens (tertiary/aromatic N) is 8. The van der Waals surface area contributed by atoms with E-state index in [1.165, 1.54) is 0 Å². The van der Waals surface area contributed by atoms with Gasteiger partial charge in [0.15, 0.2) is 11.6 Å². The van der Waals surface area contributed by atoms with Crippen LogP contribution in [0.2, 0.25) is 0 Å². The van der Waals surface area contributed by atoms with Crippen molar-refractivity contribution in [2.75, 3.05) is 11.4 Å². The molecular formula is C19H15BrN8. The molecule has 0 spiro atoms. The van der Waals surface area contributed by atoms with Crippen LogP contribution >= 0.6 is 15.9 Å². The van der Waals surface area contributed by atoms with E-state index >= 15 is 0 Å². The SMILES string of the molecule is Brc1cccc(-c2nccn2-c2ncc3c(n2)N2CCCC2c2nncn2-3)c1. The van der Waals surface area contributed by atoms with Crippen LogP contribution in [0.3, 0.4) is 0 Å². The first kappa shape index (κ1) is 15.9. The first-order valence-corrected chi connectivity index (χ1v) is 9.92. The van der Waals surface area contributed by atoms with E-state index in [4.69, 9.17) is 4.98 Å². The summed E-state index contributed by atoms with van der Waals surface area (Å²) in [4.78, 5) is 16.4. The highest BCUT2D eigenvalue weighted by molar-refractivity contribution is 9.10. The van der Waals surface area contributed by atoms with Gasteiger partial charge in [-0.3, -0.25) is 9.13 Å². The standard InChI is InChI=1S/C19H15BrN8/c20-13-4-1-3-12(9-13)16-21-6-8-27(16)19-22-10-15-17(24-19)26-7-2-5-14(26)18-25-23-11-28(15)18/h1,3-4,6,8-11,14H,2,5,7H2. The van der Waals surface area contributed by atoms with Gasteiger partial charge < -0.3 is 4.90 Å². The van der Waals surface area contributed by atoms with Crippen LogP contribution in [-0.2, 0) is 0 Å². The van der Waals surface area contributed by atoms with Gasteiger partial charge in [0.05, 0.1) is 12.2 Å². The molecule has 0 radical (unpaired) electrons. The van der Waals surface area contributed by atoms with Gasteiger partial charge in [0.1, 0.15) is 17.8 Å². The Hall–Kier alpha value is -3.07. The Kier molecular flexibility index (Phi) is 3.39. The number of aromatic nitrogens is 7. The van der Waals surface area contributed by atoms with E-state index in [0.717, 1.165) is 52.6 Å². The molecule has 138 valence electrons. The molecule has 0 aliphatic carbocycles. The van der Waals surface area contributed by atoms with E-state index in [-0.39, 0.29) is 6.04 Å². The van der Waals surface area contributed by atoms with Crippen LogP contribution in [-0.4, -0.2) is 40.8 Å². The fourth-order valence-electron chi connectivity index (χ4n) is 4.11. The summed E-state index contributed by atoms with van der Waals surface area (Å²) in [5.74, 6) is 3.31. The number of anilines is 1. The second kappa shape index (κ2) is 5.96. The zero-order valence-electron chi connectivity index (χ0n) is 14.8. The lowest BCUT2D eigenvalue weighted by Gasteiger charge is -2.32. The van der Waals surface area contributed by atoms with Crippen molar-refractivity contribution in [3.05, 3.63) is 59.5 Å². The molecule has 1 aromatic carbocycles. The molecule has 1 saturated heterocycles. The van der Waals surface area contributed by atoms with E-state index in [0.29, 0.717) is 5.95 Å². The Balaban J connectivity index is 1.51. The minimum Gasteiger partial charge on any atom is -0.344 e. The molecule has 1 fully saturated rings. The zero-order chi connectivity index (χ0) is 18.7. The van der Waals surface area contributed by atoms with E-state index in [1.807, 2.05) is 45.8 Å². The molecule has 4 aromatic rings. The van der Waals surface area contributed by atoms with Gasteiger partial charge in [-0.2, -0.15) is 4.98 Å². The second-order valence-electron chi connectivity index (χ2n) is 6.92. The average molecular weight is 435 g/mol. The van der Waals surface area contributed by atoms with Crippen molar-refractivity contribution in [1.29, 1.82) is 0 Å². The molecule has 9 heteroatoms. The van der Waals surface area contributed by atoms with Crippen LogP contribution in [0.25, 0.3) is 23.0 Å². The highest BCUT2D eigenvalue weighted by Gasteiger charge is 2.37. The smallest absolute Gasteiger partial charge is 0.237 e. The topological polar surface area (TPSA) is 77.6 Å². The summed E-state index contributed by atoms with van der Waals surface area (Å²) < 4.78 is 4.94. The number of imidazole rings is 1. The van der Waals surface area contributed by atoms with Gasteiger partial charge in [-0.1, -0.05) is 28.1 Å². The molecule has 0 saturated carbocycles. The van der Waals surface area contributed by atoms with Crippen LogP contribution in [0.4, 0.5) is 5.82 Å². The minimum atomic E-state index is 0.227. The predicted molar refractivity (Wildman–Crippen MR) is 107 cm³/mol. The van der Waals surface area contributed by atoms with Crippen molar-refractivity contribution < 1.29 is 0 Å². The Morgan fingerprint density at radius 3 is 3.04 bits per heavy atom. The van der Waals surface area contributed by atoms with Crippen LogP contribution in [0.5, 0.6) is 0 Å². The van der Waals surface area contributed by atoms with Gasteiger partial charge >= 0.3 is 0 Å². The van der Waals surface area contributed by atoms with Gasteiger partial charge in [0.25, 0.3) is 0 Å². The quantitative estimate of drug-likeness (QED) is 0.481. The third-order valence-electron chi connectivity index (χ3n) is 5.33. The Morgan fingerprint density at radius 1 is 1.14 bits per heavy atom. The number of halogens is 1. The number of hydrogen-bond donors (Lipinski definition) is 0. The third-order valence-corrected chi connectivity index (χ3v) is 5.83. The first-order chi connectivity index (χ1) is 13.8. The Morgan fingerprint density at radius 2 is 2.11 bits per heavy atom. The Labute approximate surface area is 169 Å². The molecule has 0 amide bonds. The molecule has 5 heterocycles. The second-order valence-corrected chi connectivity index (χ2v) is 7.84. The Bertz CT molecular complexity index is 1200. The van der Waals surface area contributed by atoms with Gasteiger partial charge in [-0.25, -0.2) is 9.97 Å². The third kappa shape index (κ3) is 2.26. The molecule has 0 N–H and O–H groups in total. The summed E-state index contributed by atoms with van der Waals surface area (Å²) >= 11 is 3.53. The van der Waals surface area contributed by atoms with Gasteiger partial charge in [-0.15, -0.1) is 10.2 Å². The lowest BCUT2D eigenvalue weighted by atomic mass is 10.1. The molecule has 2 aliphatic rings. The van der Waals surface area contributed by atoms with E-state index in [9.17, 15) is 0 Å². The molecule has 6 rings (SSSR count). The van der Waals surface area contributed by atoms with Gasteiger partial charge in [0, 0.05) is 29.0 Å². The molecule has 0 bridgehead atoms. The van der Waals surface area contributed by atoms with Crippen molar-refractivity contribution in [3.8, 4) is 23.0 Å². The number of fused-ring (bicyclic) bond motifs is 6. The molecule has 1 atom stereocenters. The first-order valence-electron chi connectivity index (χ1n) is 9.13. The van der Waals surface area contributed by atoms with Gasteiger partial charge in [0.2, 0.25) is 5.95 Å². The van der Waals surface area contributed by atoms with Crippen LogP contribution in [0, 0.1) is 0 Å². The summed E-state index contributed by atoms with van der Waals surface area (Å²) in [5.41, 5.74) is 1.92. The number of hydrogen-bond acceptors (Lipinski definition) is 6. The predicted octanol–water partition coefficient (Wildman–Crippen LogP) is 3.33. The lowest BCUT2D eigenvalue weighted by Crippen LogP contribution is -2.31. The average Bonchev–Trinajstić information content (AvgIpc) is 3.47. The molecule has 1 unspecified atom stereocenters. The zero-order valence-corrected chi connectivity index (χ0v) is 16.4. The minimum absolute atomic E-state index is 0.227. The van der Waals surface area contributed by atoms with E-state index in [1.54, 1.807) is 12.5 Å². The van der Waals surface area contributed by atoms with E-state index < -0.39 is 0 Å². The molecular weight excluding hydrogens is 420 g/mol. The molecule has 3 aromatic heterocycles. The van der Waals surface area contributed by atoms with Crippen LogP contribution in [0.15, 0.2) is 53.7 Å². The summed E-state index contributed by atoms with van der Waals surface area (Å²) in [7, 11) is 0. The summed E-state index contributed by atoms with van der Waals surface area (Å²) in [6, 6.07) is 8.29. The number of benzene rings is 1. The highest BCUT2D eigenvalue weighted by atomic mass is 79.9. The van der Waals surface area contributed by atoms with Crippen LogP contribution < -0.4 is 4.90 Å². The summed E-state index contributed by atoms with van der Waals surface area (Å²) in [5, 5.41) is 8.44. The maximum absolute atomic E-state index is 4.94. The largest absolute Gasteiger partial charge is 0.344 e. The van der Waals surface area contributed by atoms with Crippen molar-refractivity contribution in [1.82, 2.24) is 34.3 Å². The van der Waals surface area contributed by atoms with Gasteiger partial charge in [-0.05, 0) is 25.0 Å². The molecule has 28 heavy (non-hydrogen) atoms. The number of rotatable bonds is 2. The maximum Gasteiger partial charge on any atom is 0.237 e. The van der Waals surface area contributed by atoms with Crippen molar-refractivity contribution in [2.45, 2.75) is 18.9 Å². The van der Waals surface area contributed by atoms with Crippen molar-refractivity contribution in [3.63, 3.8) is 0 Å². The fraction of sp³-hybridized carbons (Fsp3) is 0.211.